The van der Waals surface area contributed by atoms with E-state index in [9.17, 15) is 24.3 Å². The second kappa shape index (κ2) is 30.5. The highest BCUT2D eigenvalue weighted by Crippen LogP contribution is 2.43. The van der Waals surface area contributed by atoms with Crippen molar-refractivity contribution in [2.24, 2.45) is 17.8 Å². The molecule has 10 rings (SSSR count). The van der Waals surface area contributed by atoms with Crippen molar-refractivity contribution in [3.8, 4) is 33.8 Å². The van der Waals surface area contributed by atoms with Crippen LogP contribution in [0.25, 0.3) is 22.3 Å². The number of carbonyl (C=O) groups is 4. The predicted molar refractivity (Wildman–Crippen MR) is 333 cm³/mol. The number of amides is 2. The van der Waals surface area contributed by atoms with Gasteiger partial charge in [0.2, 0.25) is 12.6 Å². The SMILES string of the molecule is C=C[C@@H]1[C@H](OCc2ccccc2)[C@@H](Oc2ccc(-c3cccc(C(=O)NC)c3)cc2)O[C@H](C(CC(=O)O)C[C@H]2O[C@H](Oc3ccc(-c4cccc(C(=O)NC)c4)cc3)[C@@H](OCc3ccccc3)[C@@H](C=O)[C@@H]2OCc2ccccc2)[C@H]1OCc1ccccc1. The van der Waals surface area contributed by atoms with Crippen LogP contribution >= 0.6 is 0 Å². The molecule has 2 aliphatic heterocycles. The van der Waals surface area contributed by atoms with Crippen molar-refractivity contribution >= 4 is 24.1 Å². The molecule has 11 atom stereocenters. The average molecular weight is 1190 g/mol. The largest absolute Gasteiger partial charge is 0.481 e. The molecule has 2 amide bonds. The number of hydrogen-bond donors (Lipinski definition) is 3. The molecular weight excluding hydrogens is 1110 g/mol. The van der Waals surface area contributed by atoms with Crippen LogP contribution in [0, 0.1) is 17.8 Å². The lowest BCUT2D eigenvalue weighted by Gasteiger charge is -2.49. The van der Waals surface area contributed by atoms with E-state index in [2.05, 4.69) is 17.2 Å². The molecule has 8 aromatic carbocycles. The monoisotopic (exact) mass is 1180 g/mol. The first-order valence-corrected chi connectivity index (χ1v) is 29.5. The Labute approximate surface area is 513 Å². The van der Waals surface area contributed by atoms with E-state index in [1.54, 1.807) is 50.5 Å². The van der Waals surface area contributed by atoms with Gasteiger partial charge >= 0.3 is 5.97 Å². The molecule has 0 aliphatic carbocycles. The van der Waals surface area contributed by atoms with Gasteiger partial charge in [-0.15, -0.1) is 6.58 Å². The Morgan fingerprint density at radius 1 is 0.489 bits per heavy atom. The maximum atomic E-state index is 14.0. The number of hydrogen-bond acceptors (Lipinski definition) is 12. The second-order valence-electron chi connectivity index (χ2n) is 21.8. The van der Waals surface area contributed by atoms with Crippen molar-refractivity contribution in [2.75, 3.05) is 14.1 Å². The molecule has 88 heavy (non-hydrogen) atoms. The highest BCUT2D eigenvalue weighted by molar-refractivity contribution is 5.96. The molecule has 2 heterocycles. The topological polar surface area (TPSA) is 186 Å². The number of aldehydes is 1. The third-order valence-corrected chi connectivity index (χ3v) is 15.9. The lowest BCUT2D eigenvalue weighted by atomic mass is 9.77. The van der Waals surface area contributed by atoms with Gasteiger partial charge in [-0.25, -0.2) is 0 Å². The molecule has 2 saturated heterocycles. The summed E-state index contributed by atoms with van der Waals surface area (Å²) in [5.41, 5.74) is 7.74. The van der Waals surface area contributed by atoms with Crippen molar-refractivity contribution in [2.45, 2.75) is 88.5 Å². The summed E-state index contributed by atoms with van der Waals surface area (Å²) in [6.45, 7) is 4.82. The zero-order chi connectivity index (χ0) is 61.2. The minimum atomic E-state index is -1.24. The minimum absolute atomic E-state index is 0.0478. The average Bonchev–Trinajstić information content (AvgIpc) is 1.54. The molecular formula is C73H72N2O13. The first-order chi connectivity index (χ1) is 43.1. The lowest BCUT2D eigenvalue weighted by molar-refractivity contribution is -0.296. The van der Waals surface area contributed by atoms with Crippen molar-refractivity contribution < 1.29 is 62.2 Å². The Hall–Kier alpha value is -9.06. The summed E-state index contributed by atoms with van der Waals surface area (Å²) in [6.07, 6.45) is -6.23. The van der Waals surface area contributed by atoms with E-state index in [-0.39, 0.29) is 44.7 Å². The van der Waals surface area contributed by atoms with Gasteiger partial charge in [-0.2, -0.15) is 0 Å². The second-order valence-corrected chi connectivity index (χ2v) is 21.8. The summed E-state index contributed by atoms with van der Waals surface area (Å²) in [6, 6.07) is 67.7. The van der Waals surface area contributed by atoms with Crippen LogP contribution in [0.2, 0.25) is 0 Å². The predicted octanol–water partition coefficient (Wildman–Crippen LogP) is 12.1. The van der Waals surface area contributed by atoms with Crippen molar-refractivity contribution in [3.05, 3.63) is 264 Å². The Morgan fingerprint density at radius 3 is 1.28 bits per heavy atom. The summed E-state index contributed by atoms with van der Waals surface area (Å²) in [5.74, 6) is -3.33. The summed E-state index contributed by atoms with van der Waals surface area (Å²) in [5, 5.41) is 16.4. The molecule has 2 aliphatic rings. The summed E-state index contributed by atoms with van der Waals surface area (Å²) < 4.78 is 55.6. The first-order valence-electron chi connectivity index (χ1n) is 29.5. The van der Waals surface area contributed by atoms with Gasteiger partial charge in [0.15, 0.2) is 0 Å². The van der Waals surface area contributed by atoms with Gasteiger partial charge in [0.05, 0.1) is 63.2 Å². The van der Waals surface area contributed by atoms with E-state index in [0.29, 0.717) is 22.6 Å². The standard InChI is InChI=1S/C73H72N2O13/c1-4-61-67(82-45-49-21-11-6-12-22-49)65(88-73(68(61)83-46-50-23-13-7-14-24-50)86-60-37-33-53(34-38-60)55-28-18-30-57(40-55)71(80)75-3)58(42-64(77)78)41-63-66(81-44-48-19-9-5-10-20-48)62(43-76)69(84-47-51-25-15-8-16-26-51)72(87-63)85-59-35-31-52(32-36-59)54-27-17-29-56(39-54)70(79)74-2/h4-40,43,58,61-63,65-69,72-73H,1,41-42,44-47H2,2-3H3,(H,74,79)(H,75,80)(H,77,78)/t58?,61-,62-,63+,65+,66-,67-,68-,69-,72-,73-/m0/s1. The fourth-order valence-corrected chi connectivity index (χ4v) is 11.4. The van der Waals surface area contributed by atoms with Crippen molar-refractivity contribution in [1.82, 2.24) is 10.6 Å². The Bertz CT molecular complexity index is 3540. The lowest BCUT2D eigenvalue weighted by Crippen LogP contribution is -2.61. The maximum Gasteiger partial charge on any atom is 0.303 e. The van der Waals surface area contributed by atoms with Gasteiger partial charge in [-0.1, -0.05) is 176 Å². The molecule has 0 aromatic heterocycles. The van der Waals surface area contributed by atoms with E-state index >= 15 is 0 Å². The number of benzene rings is 8. The molecule has 8 aromatic rings. The molecule has 3 N–H and O–H groups in total. The first kappa shape index (κ1) is 62.0. The van der Waals surface area contributed by atoms with Crippen LogP contribution in [-0.4, -0.2) is 92.5 Å². The highest BCUT2D eigenvalue weighted by Gasteiger charge is 2.54. The molecule has 15 nitrogen and oxygen atoms in total. The van der Waals surface area contributed by atoms with E-state index in [1.807, 2.05) is 188 Å². The number of carbonyl (C=O) groups excluding carboxylic acids is 3. The molecule has 0 radical (unpaired) electrons. The van der Waals surface area contributed by atoms with Crippen LogP contribution < -0.4 is 20.1 Å². The third-order valence-electron chi connectivity index (χ3n) is 15.9. The number of ether oxygens (including phenoxy) is 8. The zero-order valence-corrected chi connectivity index (χ0v) is 49.1. The van der Waals surface area contributed by atoms with Crippen LogP contribution in [0.3, 0.4) is 0 Å². The molecule has 15 heteroatoms. The Kier molecular flexibility index (Phi) is 21.5. The number of carboxylic acid groups (broad SMARTS) is 1. The van der Waals surface area contributed by atoms with E-state index in [0.717, 1.165) is 50.8 Å². The maximum absolute atomic E-state index is 14.0. The molecule has 452 valence electrons. The van der Waals surface area contributed by atoms with Gasteiger partial charge in [-0.05, 0) is 99.5 Å². The summed E-state index contributed by atoms with van der Waals surface area (Å²) >= 11 is 0. The van der Waals surface area contributed by atoms with Gasteiger partial charge < -0.3 is 58.4 Å². The molecule has 0 saturated carbocycles. The zero-order valence-electron chi connectivity index (χ0n) is 49.1. The van der Waals surface area contributed by atoms with Crippen LogP contribution in [0.15, 0.2) is 231 Å². The van der Waals surface area contributed by atoms with E-state index in [4.69, 9.17) is 37.9 Å². The normalized spacial score (nSPS) is 21.9. The Morgan fingerprint density at radius 2 is 0.886 bits per heavy atom. The fraction of sp³-hybridized carbons (Fsp3) is 0.260. The highest BCUT2D eigenvalue weighted by atomic mass is 16.7. The van der Waals surface area contributed by atoms with Crippen LogP contribution in [0.1, 0.15) is 55.8 Å². The van der Waals surface area contributed by atoms with Gasteiger partial charge in [-0.3, -0.25) is 14.4 Å². The van der Waals surface area contributed by atoms with Gasteiger partial charge in [0.1, 0.15) is 30.0 Å². The van der Waals surface area contributed by atoms with Gasteiger partial charge in [0.25, 0.3) is 11.8 Å². The summed E-state index contributed by atoms with van der Waals surface area (Å²) in [4.78, 5) is 52.8. The quantitative estimate of drug-likeness (QED) is 0.0326. The number of rotatable bonds is 27. The van der Waals surface area contributed by atoms with E-state index < -0.39 is 79.3 Å². The fourth-order valence-electron chi connectivity index (χ4n) is 11.4. The minimum Gasteiger partial charge on any atom is -0.481 e. The van der Waals surface area contributed by atoms with Crippen molar-refractivity contribution in [1.29, 1.82) is 0 Å². The van der Waals surface area contributed by atoms with Crippen molar-refractivity contribution in [3.63, 3.8) is 0 Å². The number of aliphatic carboxylic acids is 1. The molecule has 0 bridgehead atoms. The van der Waals surface area contributed by atoms with Gasteiger partial charge in [0, 0.05) is 37.1 Å². The Balaban J connectivity index is 1.03. The number of carboxylic acids is 1. The molecule has 0 spiro atoms. The summed E-state index contributed by atoms with van der Waals surface area (Å²) in [7, 11) is 3.17. The molecule has 1 unspecified atom stereocenters. The smallest absolute Gasteiger partial charge is 0.303 e. The van der Waals surface area contributed by atoms with Crippen LogP contribution in [0.4, 0.5) is 0 Å². The molecule has 2 fully saturated rings. The van der Waals surface area contributed by atoms with Crippen LogP contribution in [0.5, 0.6) is 11.5 Å². The van der Waals surface area contributed by atoms with Crippen LogP contribution in [-0.2, 0) is 64.4 Å². The number of nitrogens with one attached hydrogen (secondary N) is 2. The van der Waals surface area contributed by atoms with E-state index in [1.165, 1.54) is 0 Å². The third kappa shape index (κ3) is 15.9.